The van der Waals surface area contributed by atoms with Crippen LogP contribution in [0.4, 0.5) is 5.69 Å². The van der Waals surface area contributed by atoms with Gasteiger partial charge in [-0.1, -0.05) is 20.8 Å². The summed E-state index contributed by atoms with van der Waals surface area (Å²) in [4.78, 5) is 4.58. The number of rotatable bonds is 2. The normalized spacial score (nSPS) is 25.0. The van der Waals surface area contributed by atoms with E-state index in [1.807, 2.05) is 6.20 Å². The van der Waals surface area contributed by atoms with Crippen molar-refractivity contribution >= 4 is 18.1 Å². The van der Waals surface area contributed by atoms with Crippen LogP contribution < -0.4 is 5.32 Å². The number of pyridine rings is 1. The predicted octanol–water partition coefficient (Wildman–Crippen LogP) is 5.40. The zero-order valence-corrected chi connectivity index (χ0v) is 15.1. The molecule has 1 fully saturated rings. The highest BCUT2D eigenvalue weighted by Gasteiger charge is 2.30. The van der Waals surface area contributed by atoms with E-state index in [1.165, 1.54) is 68.3 Å². The van der Waals surface area contributed by atoms with Crippen molar-refractivity contribution in [2.24, 2.45) is 11.3 Å². The van der Waals surface area contributed by atoms with Crippen LogP contribution in [-0.4, -0.2) is 11.0 Å². The van der Waals surface area contributed by atoms with Gasteiger partial charge in [0, 0.05) is 23.6 Å². The number of fused-ring (bicyclic) bond motifs is 1. The van der Waals surface area contributed by atoms with Crippen LogP contribution in [0.5, 0.6) is 0 Å². The standard InChI is InChI=1S/C19H30N2.ClH/c1-19(2,3)14-8-10-15(11-9-14)21-18-12-13-20-17-7-5-4-6-16(17)18;/h12-15H,4-11H2,1-3H3,(H,20,21);1H. The first-order valence-corrected chi connectivity index (χ1v) is 8.77. The molecule has 0 radical (unpaired) electrons. The van der Waals surface area contributed by atoms with Crippen molar-refractivity contribution in [1.82, 2.24) is 4.98 Å². The van der Waals surface area contributed by atoms with E-state index in [0.29, 0.717) is 11.5 Å². The van der Waals surface area contributed by atoms with E-state index in [-0.39, 0.29) is 12.4 Å². The van der Waals surface area contributed by atoms with Crippen LogP contribution in [0, 0.1) is 11.3 Å². The quantitative estimate of drug-likeness (QED) is 0.788. The van der Waals surface area contributed by atoms with Crippen molar-refractivity contribution in [1.29, 1.82) is 0 Å². The maximum absolute atomic E-state index is 4.58. The van der Waals surface area contributed by atoms with Gasteiger partial charge in [-0.3, -0.25) is 4.98 Å². The summed E-state index contributed by atoms with van der Waals surface area (Å²) in [5.41, 5.74) is 4.69. The molecule has 2 nitrogen and oxygen atoms in total. The van der Waals surface area contributed by atoms with Gasteiger partial charge in [-0.2, -0.15) is 0 Å². The molecule has 0 bridgehead atoms. The molecule has 0 atom stereocenters. The largest absolute Gasteiger partial charge is 0.382 e. The maximum Gasteiger partial charge on any atom is 0.0456 e. The summed E-state index contributed by atoms with van der Waals surface area (Å²) in [6.07, 6.45) is 12.4. The number of aromatic nitrogens is 1. The zero-order valence-electron chi connectivity index (χ0n) is 14.3. The molecule has 1 aromatic heterocycles. The monoisotopic (exact) mass is 322 g/mol. The molecule has 0 aromatic carbocycles. The maximum atomic E-state index is 4.58. The van der Waals surface area contributed by atoms with Crippen LogP contribution in [0.15, 0.2) is 12.3 Å². The van der Waals surface area contributed by atoms with Crippen LogP contribution in [0.3, 0.4) is 0 Å². The third-order valence-corrected chi connectivity index (χ3v) is 5.55. The van der Waals surface area contributed by atoms with E-state index in [0.717, 1.165) is 5.92 Å². The summed E-state index contributed by atoms with van der Waals surface area (Å²) < 4.78 is 0. The highest BCUT2D eigenvalue weighted by molar-refractivity contribution is 5.85. The van der Waals surface area contributed by atoms with Gasteiger partial charge in [0.25, 0.3) is 0 Å². The Balaban J connectivity index is 0.00000176. The van der Waals surface area contributed by atoms with E-state index in [9.17, 15) is 0 Å². The summed E-state index contributed by atoms with van der Waals surface area (Å²) >= 11 is 0. The minimum atomic E-state index is 0. The van der Waals surface area contributed by atoms with Crippen molar-refractivity contribution < 1.29 is 0 Å². The van der Waals surface area contributed by atoms with Crippen LogP contribution in [0.1, 0.15) is 70.6 Å². The Labute approximate surface area is 141 Å². The fourth-order valence-electron chi connectivity index (χ4n) is 4.08. The number of aryl methyl sites for hydroxylation is 1. The lowest BCUT2D eigenvalue weighted by atomic mass is 9.71. The molecule has 3 heteroatoms. The second kappa shape index (κ2) is 7.21. The minimum absolute atomic E-state index is 0. The Hall–Kier alpha value is -0.760. The third-order valence-electron chi connectivity index (χ3n) is 5.55. The molecule has 1 heterocycles. The molecule has 0 saturated heterocycles. The number of anilines is 1. The molecule has 124 valence electrons. The molecule has 1 saturated carbocycles. The van der Waals surface area contributed by atoms with Crippen LogP contribution in [0.25, 0.3) is 0 Å². The molecule has 0 unspecified atom stereocenters. The zero-order chi connectivity index (χ0) is 14.9. The average Bonchev–Trinajstić information content (AvgIpc) is 2.47. The summed E-state index contributed by atoms with van der Waals surface area (Å²) in [6.45, 7) is 7.18. The molecule has 1 N–H and O–H groups in total. The van der Waals surface area contributed by atoms with Gasteiger partial charge in [0.05, 0.1) is 0 Å². The van der Waals surface area contributed by atoms with E-state index in [1.54, 1.807) is 0 Å². The van der Waals surface area contributed by atoms with E-state index in [2.05, 4.69) is 37.1 Å². The van der Waals surface area contributed by atoms with Gasteiger partial charge in [0.2, 0.25) is 0 Å². The van der Waals surface area contributed by atoms with Crippen LogP contribution in [0.2, 0.25) is 0 Å². The molecule has 0 aliphatic heterocycles. The van der Waals surface area contributed by atoms with E-state index < -0.39 is 0 Å². The third kappa shape index (κ3) is 3.95. The van der Waals surface area contributed by atoms with Crippen LogP contribution >= 0.6 is 12.4 Å². The fourth-order valence-corrected chi connectivity index (χ4v) is 4.08. The molecule has 2 aliphatic carbocycles. The molecular formula is C19H31ClN2. The highest BCUT2D eigenvalue weighted by Crippen LogP contribution is 2.39. The van der Waals surface area contributed by atoms with Crippen molar-refractivity contribution in [3.63, 3.8) is 0 Å². The topological polar surface area (TPSA) is 24.9 Å². The van der Waals surface area contributed by atoms with Gasteiger partial charge in [0.15, 0.2) is 0 Å². The first-order valence-electron chi connectivity index (χ1n) is 8.77. The molecule has 0 amide bonds. The van der Waals surface area contributed by atoms with Crippen molar-refractivity contribution in [2.75, 3.05) is 5.32 Å². The van der Waals surface area contributed by atoms with E-state index >= 15 is 0 Å². The SMILES string of the molecule is CC(C)(C)C1CCC(Nc2ccnc3c2CCCC3)CC1.Cl. The molecular weight excluding hydrogens is 292 g/mol. The van der Waals surface area contributed by atoms with Crippen molar-refractivity contribution in [3.8, 4) is 0 Å². The Kier molecular flexibility index (Phi) is 5.76. The molecule has 3 rings (SSSR count). The lowest BCUT2D eigenvalue weighted by Gasteiger charge is -2.37. The van der Waals surface area contributed by atoms with Gasteiger partial charge in [-0.05, 0) is 74.3 Å². The second-order valence-electron chi connectivity index (χ2n) is 8.05. The van der Waals surface area contributed by atoms with Gasteiger partial charge in [-0.15, -0.1) is 12.4 Å². The Morgan fingerprint density at radius 1 is 1.05 bits per heavy atom. The molecule has 1 aromatic rings. The number of nitrogens with zero attached hydrogens (tertiary/aromatic N) is 1. The Bertz CT molecular complexity index is 485. The van der Waals surface area contributed by atoms with Gasteiger partial charge in [0.1, 0.15) is 0 Å². The van der Waals surface area contributed by atoms with Crippen molar-refractivity contribution in [3.05, 3.63) is 23.5 Å². The summed E-state index contributed by atoms with van der Waals surface area (Å²) in [5.74, 6) is 0.891. The van der Waals surface area contributed by atoms with Gasteiger partial charge < -0.3 is 5.32 Å². The lowest BCUT2D eigenvalue weighted by Crippen LogP contribution is -2.32. The second-order valence-corrected chi connectivity index (χ2v) is 8.05. The molecule has 0 spiro atoms. The summed E-state index contributed by atoms with van der Waals surface area (Å²) in [6, 6.07) is 2.86. The van der Waals surface area contributed by atoms with Crippen LogP contribution in [-0.2, 0) is 12.8 Å². The predicted molar refractivity (Wildman–Crippen MR) is 97.0 cm³/mol. The molecule has 2 aliphatic rings. The van der Waals surface area contributed by atoms with Gasteiger partial charge in [-0.25, -0.2) is 0 Å². The fraction of sp³-hybridized carbons (Fsp3) is 0.737. The van der Waals surface area contributed by atoms with E-state index in [4.69, 9.17) is 0 Å². The minimum Gasteiger partial charge on any atom is -0.382 e. The lowest BCUT2D eigenvalue weighted by molar-refractivity contribution is 0.173. The highest BCUT2D eigenvalue weighted by atomic mass is 35.5. The number of hydrogen-bond donors (Lipinski definition) is 1. The first-order chi connectivity index (χ1) is 10.0. The van der Waals surface area contributed by atoms with Gasteiger partial charge >= 0.3 is 0 Å². The Morgan fingerprint density at radius 2 is 1.73 bits per heavy atom. The number of hydrogen-bond acceptors (Lipinski definition) is 2. The Morgan fingerprint density at radius 3 is 2.41 bits per heavy atom. The summed E-state index contributed by atoms with van der Waals surface area (Å²) in [5, 5.41) is 3.84. The van der Waals surface area contributed by atoms with Crippen molar-refractivity contribution in [2.45, 2.75) is 78.2 Å². The first kappa shape index (κ1) is 17.6. The smallest absolute Gasteiger partial charge is 0.0456 e. The molecule has 22 heavy (non-hydrogen) atoms. The summed E-state index contributed by atoms with van der Waals surface area (Å²) in [7, 11) is 0. The number of halogens is 1. The number of nitrogens with one attached hydrogen (secondary N) is 1. The average molecular weight is 323 g/mol.